The zero-order valence-electron chi connectivity index (χ0n) is 35.2. The number of anilines is 4. The molecule has 2 aliphatic heterocycles. The van der Waals surface area contributed by atoms with Crippen molar-refractivity contribution in [1.82, 2.24) is 19.8 Å². The van der Waals surface area contributed by atoms with Crippen molar-refractivity contribution in [1.29, 1.82) is 0 Å². The van der Waals surface area contributed by atoms with Gasteiger partial charge < -0.3 is 40.2 Å². The maximum atomic E-state index is 12.6. The summed E-state index contributed by atoms with van der Waals surface area (Å²) in [6.07, 6.45) is 23.9. The predicted octanol–water partition coefficient (Wildman–Crippen LogP) is 7.51. The van der Waals surface area contributed by atoms with Crippen LogP contribution in [0.2, 0.25) is 0 Å². The standard InChI is InChI=1S/2C24H28N4O2/c2*1-25-23(30)26-16-6-7-21(28-12-10-24(8-9-24)11-13-28)19(14-16)20-15-27(2)22(29)18-5-3-4-17(18)20/h2*3-4,6-7,14-15H,5,8-13H2,1-2H3,(H2,25,26,30). The molecule has 6 aliphatic rings. The predicted molar refractivity (Wildman–Crippen MR) is 242 cm³/mol. The molecule has 10 rings (SSSR count). The van der Waals surface area contributed by atoms with Crippen LogP contribution in [0.15, 0.2) is 70.5 Å². The summed E-state index contributed by atoms with van der Waals surface area (Å²) >= 11 is 0. The number of hydrogen-bond donors (Lipinski definition) is 4. The molecule has 4 heterocycles. The molecule has 312 valence electrons. The lowest BCUT2D eigenvalue weighted by Gasteiger charge is -2.35. The number of pyridine rings is 2. The average Bonchev–Trinajstić information content (AvgIpc) is 4.05. The maximum absolute atomic E-state index is 12.6. The van der Waals surface area contributed by atoms with E-state index in [0.717, 1.165) is 82.1 Å². The lowest BCUT2D eigenvalue weighted by atomic mass is 9.91. The van der Waals surface area contributed by atoms with Gasteiger partial charge in [-0.05, 0) is 123 Å². The maximum Gasteiger partial charge on any atom is 0.318 e. The highest BCUT2D eigenvalue weighted by Crippen LogP contribution is 2.55. The van der Waals surface area contributed by atoms with Gasteiger partial charge in [0, 0.05) is 123 Å². The van der Waals surface area contributed by atoms with Gasteiger partial charge in [-0.25, -0.2) is 9.59 Å². The Hall–Kier alpha value is -6.04. The van der Waals surface area contributed by atoms with Crippen LogP contribution < -0.4 is 42.2 Å². The van der Waals surface area contributed by atoms with E-state index in [4.69, 9.17) is 0 Å². The van der Waals surface area contributed by atoms with Crippen molar-refractivity contribution in [3.63, 3.8) is 0 Å². The molecule has 4 fully saturated rings. The fourth-order valence-corrected chi connectivity index (χ4v) is 9.81. The number of nitrogens with zero attached hydrogens (tertiary/aromatic N) is 4. The summed E-state index contributed by atoms with van der Waals surface area (Å²) < 4.78 is 3.36. The quantitative estimate of drug-likeness (QED) is 0.160. The lowest BCUT2D eigenvalue weighted by molar-refractivity contribution is 0.253. The monoisotopic (exact) mass is 808 g/mol. The molecule has 4 aromatic rings. The first-order valence-electron chi connectivity index (χ1n) is 21.5. The minimum atomic E-state index is -0.243. The van der Waals surface area contributed by atoms with E-state index in [0.29, 0.717) is 23.7 Å². The number of carbonyl (C=O) groups is 2. The summed E-state index contributed by atoms with van der Waals surface area (Å²) in [6.45, 7) is 4.22. The van der Waals surface area contributed by atoms with Gasteiger partial charge >= 0.3 is 12.1 Å². The van der Waals surface area contributed by atoms with Crippen molar-refractivity contribution in [3.05, 3.63) is 104 Å². The van der Waals surface area contributed by atoms with Crippen LogP contribution in [0.1, 0.15) is 73.6 Å². The van der Waals surface area contributed by atoms with E-state index < -0.39 is 0 Å². The van der Waals surface area contributed by atoms with Gasteiger partial charge in [-0.3, -0.25) is 9.59 Å². The summed E-state index contributed by atoms with van der Waals surface area (Å²) in [5.41, 5.74) is 13.1. The third-order valence-electron chi connectivity index (χ3n) is 14.0. The zero-order chi connectivity index (χ0) is 41.8. The number of amides is 4. The number of hydrogen-bond acceptors (Lipinski definition) is 6. The normalized spacial score (nSPS) is 18.4. The van der Waals surface area contributed by atoms with E-state index in [1.54, 1.807) is 23.2 Å². The second-order valence-corrected chi connectivity index (χ2v) is 17.8. The van der Waals surface area contributed by atoms with Crippen LogP contribution in [0.3, 0.4) is 0 Å². The Morgan fingerprint density at radius 1 is 0.550 bits per heavy atom. The number of rotatable bonds is 6. The van der Waals surface area contributed by atoms with Crippen molar-refractivity contribution in [2.45, 2.75) is 64.2 Å². The number of carbonyl (C=O) groups excluding carboxylic acids is 2. The Morgan fingerprint density at radius 2 is 0.933 bits per heavy atom. The smallest absolute Gasteiger partial charge is 0.318 e. The van der Waals surface area contributed by atoms with Crippen LogP contribution in [-0.2, 0) is 26.9 Å². The first-order chi connectivity index (χ1) is 29.0. The first kappa shape index (κ1) is 39.4. The Balaban J connectivity index is 0.000000154. The zero-order valence-corrected chi connectivity index (χ0v) is 35.2. The van der Waals surface area contributed by atoms with Gasteiger partial charge in [0.1, 0.15) is 0 Å². The van der Waals surface area contributed by atoms with Gasteiger partial charge in [-0.2, -0.15) is 0 Å². The van der Waals surface area contributed by atoms with Crippen LogP contribution in [0.25, 0.3) is 34.4 Å². The molecule has 2 spiro atoms. The number of urea groups is 2. The minimum Gasteiger partial charge on any atom is -0.371 e. The lowest BCUT2D eigenvalue weighted by Crippen LogP contribution is -2.34. The number of nitrogens with one attached hydrogen (secondary N) is 4. The highest BCUT2D eigenvalue weighted by Gasteiger charge is 2.45. The van der Waals surface area contributed by atoms with Gasteiger partial charge in [0.15, 0.2) is 0 Å². The topological polar surface area (TPSA) is 133 Å². The molecule has 4 amide bonds. The molecule has 4 N–H and O–H groups in total. The van der Waals surface area contributed by atoms with Gasteiger partial charge in [0.2, 0.25) is 0 Å². The molecule has 4 aliphatic carbocycles. The molecular formula is C48H56N8O4. The third kappa shape index (κ3) is 7.52. The second-order valence-electron chi connectivity index (χ2n) is 17.8. The largest absolute Gasteiger partial charge is 0.371 e. The molecule has 12 nitrogen and oxygen atoms in total. The van der Waals surface area contributed by atoms with E-state index >= 15 is 0 Å². The average molecular weight is 809 g/mol. The number of fused-ring (bicyclic) bond motifs is 2. The summed E-state index contributed by atoms with van der Waals surface area (Å²) in [5.74, 6) is 0. The molecule has 2 aromatic heterocycles. The molecule has 0 atom stereocenters. The first-order valence-corrected chi connectivity index (χ1v) is 21.5. The molecule has 0 unspecified atom stereocenters. The van der Waals surface area contributed by atoms with Crippen molar-refractivity contribution in [3.8, 4) is 22.3 Å². The molecule has 2 saturated carbocycles. The number of aromatic nitrogens is 2. The van der Waals surface area contributed by atoms with Crippen molar-refractivity contribution in [2.75, 3.05) is 60.7 Å². The minimum absolute atomic E-state index is 0.0635. The molecular weight excluding hydrogens is 753 g/mol. The van der Waals surface area contributed by atoms with Crippen LogP contribution in [0, 0.1) is 10.8 Å². The van der Waals surface area contributed by atoms with Crippen LogP contribution in [0.5, 0.6) is 0 Å². The number of aryl methyl sites for hydroxylation is 2. The SMILES string of the molecule is CNC(=O)Nc1ccc(N2CCC3(CC2)CC3)c(-c2cn(C)c(=O)c3c2C=CC3)c1.CNC(=O)Nc1ccc(N2CCC3(CC2)CC3)c(-c2cn(C)c(=O)c3c2C=CC3)c1. The Kier molecular flexibility index (Phi) is 10.2. The Bertz CT molecular complexity index is 2380. The highest BCUT2D eigenvalue weighted by atomic mass is 16.2. The third-order valence-corrected chi connectivity index (χ3v) is 14.0. The molecule has 60 heavy (non-hydrogen) atoms. The number of piperidine rings is 2. The van der Waals surface area contributed by atoms with Gasteiger partial charge in [-0.15, -0.1) is 0 Å². The summed E-state index contributed by atoms with van der Waals surface area (Å²) in [6, 6.07) is 11.8. The molecule has 2 aromatic carbocycles. The van der Waals surface area contributed by atoms with E-state index in [9.17, 15) is 19.2 Å². The summed E-state index contributed by atoms with van der Waals surface area (Å²) in [5, 5.41) is 11.0. The molecule has 2 saturated heterocycles. The van der Waals surface area contributed by atoms with Crippen molar-refractivity contribution >= 4 is 47.0 Å². The fraction of sp³-hybridized carbons (Fsp3) is 0.417. The van der Waals surface area contributed by atoms with E-state index in [2.05, 4.69) is 67.5 Å². The van der Waals surface area contributed by atoms with Crippen LogP contribution in [0.4, 0.5) is 32.3 Å². The summed E-state index contributed by atoms with van der Waals surface area (Å²) in [7, 11) is 6.84. The molecule has 12 heteroatoms. The van der Waals surface area contributed by atoms with Gasteiger partial charge in [0.05, 0.1) is 0 Å². The Morgan fingerprint density at radius 3 is 1.28 bits per heavy atom. The van der Waals surface area contributed by atoms with E-state index in [-0.39, 0.29) is 23.2 Å². The molecule has 0 radical (unpaired) electrons. The number of benzene rings is 2. The highest BCUT2D eigenvalue weighted by molar-refractivity contribution is 5.95. The van der Waals surface area contributed by atoms with Crippen molar-refractivity contribution in [2.24, 2.45) is 24.9 Å². The second kappa shape index (κ2) is 15.5. The van der Waals surface area contributed by atoms with Crippen LogP contribution in [-0.4, -0.2) is 61.5 Å². The van der Waals surface area contributed by atoms with Crippen LogP contribution >= 0.6 is 0 Å². The summed E-state index contributed by atoms with van der Waals surface area (Å²) in [4.78, 5) is 53.9. The van der Waals surface area contributed by atoms with E-state index in [1.165, 1.54) is 62.7 Å². The molecule has 0 bridgehead atoms. The number of allylic oxidation sites excluding steroid dienone is 2. The fourth-order valence-electron chi connectivity index (χ4n) is 9.81. The van der Waals surface area contributed by atoms with Gasteiger partial charge in [0.25, 0.3) is 11.1 Å². The Labute approximate surface area is 351 Å². The van der Waals surface area contributed by atoms with Gasteiger partial charge in [-0.1, -0.05) is 24.3 Å². The van der Waals surface area contributed by atoms with E-state index in [1.807, 2.05) is 50.8 Å². The van der Waals surface area contributed by atoms with Crippen molar-refractivity contribution < 1.29 is 9.59 Å².